The van der Waals surface area contributed by atoms with Crippen LogP contribution < -0.4 is 0 Å². The lowest BCUT2D eigenvalue weighted by Crippen LogP contribution is -2.04. The van der Waals surface area contributed by atoms with Crippen molar-refractivity contribution in [3.63, 3.8) is 0 Å². The molecule has 8 heteroatoms. The molecule has 0 atom stereocenters. The third-order valence-corrected chi connectivity index (χ3v) is 4.34. The standard InChI is InChI=1S/C17H14BrN3O4/c1-10-5-13(21(23)24)3-4-15(10)20-9-11(6-16(22)25-2)14-7-12(18)8-19-17(14)20/h3-5,7-9H,6H2,1-2H3. The lowest BCUT2D eigenvalue weighted by Gasteiger charge is -2.08. The number of carbonyl (C=O) groups excluding carboxylic acids is 1. The van der Waals surface area contributed by atoms with Crippen molar-refractivity contribution in [2.45, 2.75) is 13.3 Å². The first-order chi connectivity index (χ1) is 11.9. The van der Waals surface area contributed by atoms with E-state index in [1.807, 2.05) is 16.8 Å². The third-order valence-electron chi connectivity index (χ3n) is 3.91. The number of aryl methyl sites for hydroxylation is 1. The van der Waals surface area contributed by atoms with Crippen molar-refractivity contribution < 1.29 is 14.5 Å². The molecule has 0 saturated heterocycles. The first-order valence-corrected chi connectivity index (χ1v) is 8.17. The molecule has 0 N–H and O–H groups in total. The van der Waals surface area contributed by atoms with Gasteiger partial charge in [0, 0.05) is 34.4 Å². The summed E-state index contributed by atoms with van der Waals surface area (Å²) in [5.74, 6) is -0.348. The van der Waals surface area contributed by atoms with Gasteiger partial charge < -0.3 is 9.30 Å². The Labute approximate surface area is 151 Å². The van der Waals surface area contributed by atoms with Crippen LogP contribution in [0.15, 0.2) is 41.1 Å². The molecule has 2 heterocycles. The molecule has 3 rings (SSSR count). The summed E-state index contributed by atoms with van der Waals surface area (Å²) < 4.78 is 7.39. The molecule has 0 radical (unpaired) electrons. The van der Waals surface area contributed by atoms with E-state index in [1.165, 1.54) is 19.2 Å². The van der Waals surface area contributed by atoms with E-state index in [-0.39, 0.29) is 18.1 Å². The van der Waals surface area contributed by atoms with Gasteiger partial charge in [0.2, 0.25) is 0 Å². The largest absolute Gasteiger partial charge is 0.469 e. The van der Waals surface area contributed by atoms with Crippen LogP contribution >= 0.6 is 15.9 Å². The number of hydrogen-bond donors (Lipinski definition) is 0. The van der Waals surface area contributed by atoms with Crippen molar-refractivity contribution in [2.24, 2.45) is 0 Å². The molecule has 0 saturated carbocycles. The Balaban J connectivity index is 2.20. The van der Waals surface area contributed by atoms with Gasteiger partial charge in [0.15, 0.2) is 0 Å². The van der Waals surface area contributed by atoms with Crippen molar-refractivity contribution >= 4 is 38.6 Å². The predicted octanol–water partition coefficient (Wildman–Crippen LogP) is 3.72. The summed E-state index contributed by atoms with van der Waals surface area (Å²) in [6.07, 6.45) is 3.60. The number of methoxy groups -OCH3 is 1. The Hall–Kier alpha value is -2.74. The van der Waals surface area contributed by atoms with Gasteiger partial charge in [-0.1, -0.05) is 0 Å². The van der Waals surface area contributed by atoms with E-state index in [4.69, 9.17) is 4.74 Å². The van der Waals surface area contributed by atoms with Gasteiger partial charge in [-0.2, -0.15) is 0 Å². The monoisotopic (exact) mass is 403 g/mol. The van der Waals surface area contributed by atoms with Gasteiger partial charge in [-0.3, -0.25) is 14.9 Å². The number of nitrogens with zero attached hydrogens (tertiary/aromatic N) is 3. The van der Waals surface area contributed by atoms with Crippen LogP contribution in [0.4, 0.5) is 5.69 Å². The molecular formula is C17H14BrN3O4. The van der Waals surface area contributed by atoms with E-state index >= 15 is 0 Å². The van der Waals surface area contributed by atoms with Crippen LogP contribution in [0.3, 0.4) is 0 Å². The maximum Gasteiger partial charge on any atom is 0.310 e. The van der Waals surface area contributed by atoms with Crippen LogP contribution in [0.5, 0.6) is 0 Å². The second kappa shape index (κ2) is 6.64. The van der Waals surface area contributed by atoms with Crippen molar-refractivity contribution in [2.75, 3.05) is 7.11 Å². The zero-order valence-electron chi connectivity index (χ0n) is 13.5. The molecule has 0 aliphatic rings. The fraction of sp³-hybridized carbons (Fsp3) is 0.176. The van der Waals surface area contributed by atoms with E-state index in [9.17, 15) is 14.9 Å². The van der Waals surface area contributed by atoms with Crippen LogP contribution in [0.1, 0.15) is 11.1 Å². The van der Waals surface area contributed by atoms with E-state index in [2.05, 4.69) is 20.9 Å². The highest BCUT2D eigenvalue weighted by Crippen LogP contribution is 2.29. The zero-order chi connectivity index (χ0) is 18.1. The van der Waals surface area contributed by atoms with E-state index in [0.29, 0.717) is 5.65 Å². The van der Waals surface area contributed by atoms with Crippen molar-refractivity contribution in [3.8, 4) is 5.69 Å². The lowest BCUT2D eigenvalue weighted by molar-refractivity contribution is -0.384. The molecule has 3 aromatic rings. The Morgan fingerprint density at radius 2 is 2.16 bits per heavy atom. The quantitative estimate of drug-likeness (QED) is 0.376. The number of hydrogen-bond acceptors (Lipinski definition) is 5. The number of aromatic nitrogens is 2. The van der Waals surface area contributed by atoms with Crippen LogP contribution in [0.25, 0.3) is 16.7 Å². The number of carbonyl (C=O) groups is 1. The molecule has 2 aromatic heterocycles. The summed E-state index contributed by atoms with van der Waals surface area (Å²) in [4.78, 5) is 26.7. The number of ether oxygens (including phenoxy) is 1. The first kappa shape index (κ1) is 17.1. The van der Waals surface area contributed by atoms with Crippen LogP contribution in [0.2, 0.25) is 0 Å². The Morgan fingerprint density at radius 1 is 1.40 bits per heavy atom. The van der Waals surface area contributed by atoms with Gasteiger partial charge in [0.25, 0.3) is 5.69 Å². The van der Waals surface area contributed by atoms with Crippen LogP contribution in [0, 0.1) is 17.0 Å². The molecular weight excluding hydrogens is 390 g/mol. The summed E-state index contributed by atoms with van der Waals surface area (Å²) in [5.41, 5.74) is 2.97. The highest BCUT2D eigenvalue weighted by Gasteiger charge is 2.17. The molecule has 0 aliphatic carbocycles. The van der Waals surface area contributed by atoms with Gasteiger partial charge in [-0.25, -0.2) is 4.98 Å². The molecule has 0 spiro atoms. The van der Waals surface area contributed by atoms with Crippen molar-refractivity contribution in [1.82, 2.24) is 9.55 Å². The molecule has 25 heavy (non-hydrogen) atoms. The number of nitro groups is 1. The SMILES string of the molecule is COC(=O)Cc1cn(-c2ccc([N+](=O)[O-])cc2C)c2ncc(Br)cc12. The van der Waals surface area contributed by atoms with Gasteiger partial charge in [0.05, 0.1) is 24.1 Å². The van der Waals surface area contributed by atoms with Gasteiger partial charge in [-0.05, 0) is 46.1 Å². The zero-order valence-corrected chi connectivity index (χ0v) is 15.1. The second-order valence-corrected chi connectivity index (χ2v) is 6.45. The number of pyridine rings is 1. The number of rotatable bonds is 4. The third kappa shape index (κ3) is 3.25. The fourth-order valence-electron chi connectivity index (χ4n) is 2.72. The average molecular weight is 404 g/mol. The number of nitro benzene ring substituents is 1. The molecule has 0 bridgehead atoms. The normalized spacial score (nSPS) is 10.8. The molecule has 0 amide bonds. The number of fused-ring (bicyclic) bond motifs is 1. The van der Waals surface area contributed by atoms with Crippen molar-refractivity contribution in [1.29, 1.82) is 0 Å². The minimum Gasteiger partial charge on any atom is -0.469 e. The van der Waals surface area contributed by atoms with Gasteiger partial charge in [-0.15, -0.1) is 0 Å². The topological polar surface area (TPSA) is 87.3 Å². The lowest BCUT2D eigenvalue weighted by atomic mass is 10.1. The molecule has 1 aromatic carbocycles. The minimum atomic E-state index is -0.428. The first-order valence-electron chi connectivity index (χ1n) is 7.38. The Morgan fingerprint density at radius 3 is 2.80 bits per heavy atom. The smallest absolute Gasteiger partial charge is 0.310 e. The van der Waals surface area contributed by atoms with E-state index < -0.39 is 4.92 Å². The summed E-state index contributed by atoms with van der Waals surface area (Å²) in [6, 6.07) is 6.53. The number of esters is 1. The Bertz CT molecular complexity index is 997. The van der Waals surface area contributed by atoms with Gasteiger partial charge in [0.1, 0.15) is 5.65 Å². The molecule has 128 valence electrons. The number of halogens is 1. The number of non-ortho nitro benzene ring substituents is 1. The second-order valence-electron chi connectivity index (χ2n) is 5.53. The Kier molecular flexibility index (Phi) is 4.54. The summed E-state index contributed by atoms with van der Waals surface area (Å²) in [6.45, 7) is 1.80. The van der Waals surface area contributed by atoms with Crippen molar-refractivity contribution in [3.05, 3.63) is 62.4 Å². The summed E-state index contributed by atoms with van der Waals surface area (Å²) in [7, 11) is 1.34. The van der Waals surface area contributed by atoms with E-state index in [1.54, 1.807) is 19.2 Å². The molecule has 7 nitrogen and oxygen atoms in total. The fourth-order valence-corrected chi connectivity index (χ4v) is 3.05. The molecule has 0 aliphatic heterocycles. The number of benzene rings is 1. The highest BCUT2D eigenvalue weighted by atomic mass is 79.9. The van der Waals surface area contributed by atoms with Gasteiger partial charge >= 0.3 is 5.97 Å². The van der Waals surface area contributed by atoms with Crippen LogP contribution in [-0.4, -0.2) is 27.6 Å². The van der Waals surface area contributed by atoms with Crippen LogP contribution in [-0.2, 0) is 16.0 Å². The maximum atomic E-state index is 11.7. The molecule has 0 unspecified atom stereocenters. The summed E-state index contributed by atoms with van der Waals surface area (Å²) >= 11 is 3.39. The minimum absolute atomic E-state index is 0.0307. The highest BCUT2D eigenvalue weighted by molar-refractivity contribution is 9.10. The average Bonchev–Trinajstić information content (AvgIpc) is 2.92. The predicted molar refractivity (Wildman–Crippen MR) is 95.9 cm³/mol. The van der Waals surface area contributed by atoms with E-state index in [0.717, 1.165) is 26.7 Å². The maximum absolute atomic E-state index is 11.7. The molecule has 0 fully saturated rings. The summed E-state index contributed by atoms with van der Waals surface area (Å²) in [5, 5.41) is 11.8.